The zero-order valence-corrected chi connectivity index (χ0v) is 14.1. The number of pyridine rings is 1. The number of anilines is 1. The van der Waals surface area contributed by atoms with Crippen molar-refractivity contribution in [3.05, 3.63) is 53.7 Å². The van der Waals surface area contributed by atoms with Gasteiger partial charge in [-0.3, -0.25) is 0 Å². The van der Waals surface area contributed by atoms with E-state index >= 15 is 0 Å². The SMILES string of the molecule is N#Cc1ccc(N2CCN(C3=NS(=O)(=O)c4ccccc43)CC2)nc1. The second-order valence-corrected chi connectivity index (χ2v) is 7.45. The van der Waals surface area contributed by atoms with Crippen molar-refractivity contribution in [3.63, 3.8) is 0 Å². The highest BCUT2D eigenvalue weighted by Gasteiger charge is 2.32. The van der Waals surface area contributed by atoms with Crippen LogP contribution in [0.3, 0.4) is 0 Å². The second-order valence-electron chi connectivity index (χ2n) is 5.88. The van der Waals surface area contributed by atoms with Crippen molar-refractivity contribution in [2.75, 3.05) is 31.1 Å². The molecular formula is C17H15N5O2S. The van der Waals surface area contributed by atoms with Gasteiger partial charge in [-0.2, -0.15) is 13.7 Å². The topological polar surface area (TPSA) is 89.7 Å². The van der Waals surface area contributed by atoms with Crippen LogP contribution in [-0.2, 0) is 10.0 Å². The third kappa shape index (κ3) is 2.72. The van der Waals surface area contributed by atoms with Crippen LogP contribution in [0, 0.1) is 11.3 Å². The molecule has 0 amide bonds. The number of piperazine rings is 1. The number of fused-ring (bicyclic) bond motifs is 1. The van der Waals surface area contributed by atoms with E-state index in [1.807, 2.05) is 17.0 Å². The van der Waals surface area contributed by atoms with Gasteiger partial charge in [0.25, 0.3) is 10.0 Å². The molecule has 0 N–H and O–H groups in total. The van der Waals surface area contributed by atoms with Crippen molar-refractivity contribution in [3.8, 4) is 6.07 Å². The Kier molecular flexibility index (Phi) is 3.66. The van der Waals surface area contributed by atoms with Crippen LogP contribution in [0.2, 0.25) is 0 Å². The van der Waals surface area contributed by atoms with Crippen LogP contribution in [0.25, 0.3) is 0 Å². The van der Waals surface area contributed by atoms with Crippen molar-refractivity contribution in [1.82, 2.24) is 9.88 Å². The molecule has 2 aliphatic heterocycles. The molecule has 0 unspecified atom stereocenters. The van der Waals surface area contributed by atoms with E-state index in [1.165, 1.54) is 0 Å². The average molecular weight is 353 g/mol. The molecule has 1 saturated heterocycles. The van der Waals surface area contributed by atoms with Crippen molar-refractivity contribution < 1.29 is 8.42 Å². The van der Waals surface area contributed by atoms with E-state index < -0.39 is 10.0 Å². The fourth-order valence-corrected chi connectivity index (χ4v) is 4.33. The Morgan fingerprint density at radius 2 is 1.72 bits per heavy atom. The fourth-order valence-electron chi connectivity index (χ4n) is 3.10. The second kappa shape index (κ2) is 5.86. The van der Waals surface area contributed by atoms with Gasteiger partial charge in [-0.15, -0.1) is 4.40 Å². The summed E-state index contributed by atoms with van der Waals surface area (Å²) in [5, 5.41) is 8.84. The third-order valence-corrected chi connectivity index (χ3v) is 5.72. The molecule has 0 spiro atoms. The lowest BCUT2D eigenvalue weighted by Crippen LogP contribution is -2.49. The summed E-state index contributed by atoms with van der Waals surface area (Å²) in [6, 6.07) is 12.6. The van der Waals surface area contributed by atoms with Crippen molar-refractivity contribution >= 4 is 21.7 Å². The Labute approximate surface area is 145 Å². The first-order valence-corrected chi connectivity index (χ1v) is 9.33. The van der Waals surface area contributed by atoms with Gasteiger partial charge in [0.2, 0.25) is 0 Å². The molecule has 0 atom stereocenters. The molecule has 1 aromatic heterocycles. The lowest BCUT2D eigenvalue weighted by Gasteiger charge is -2.36. The largest absolute Gasteiger partial charge is 0.353 e. The van der Waals surface area contributed by atoms with Crippen LogP contribution >= 0.6 is 0 Å². The van der Waals surface area contributed by atoms with Crippen LogP contribution in [0.15, 0.2) is 51.9 Å². The minimum Gasteiger partial charge on any atom is -0.353 e. The molecule has 1 fully saturated rings. The van der Waals surface area contributed by atoms with Gasteiger partial charge in [0.1, 0.15) is 16.8 Å². The van der Waals surface area contributed by atoms with Crippen LogP contribution in [0.5, 0.6) is 0 Å². The molecule has 0 bridgehead atoms. The van der Waals surface area contributed by atoms with E-state index in [1.54, 1.807) is 30.5 Å². The minimum absolute atomic E-state index is 0.279. The fraction of sp³-hybridized carbons (Fsp3) is 0.235. The summed E-state index contributed by atoms with van der Waals surface area (Å²) in [7, 11) is -3.59. The standard InChI is InChI=1S/C17H15N5O2S/c18-11-13-5-6-16(19-12-13)21-7-9-22(10-8-21)17-14-3-1-2-4-15(14)25(23,24)20-17/h1-6,12H,7-10H2. The minimum atomic E-state index is -3.59. The molecule has 2 aromatic rings. The zero-order chi connectivity index (χ0) is 17.4. The van der Waals surface area contributed by atoms with Gasteiger partial charge in [0, 0.05) is 37.9 Å². The maximum atomic E-state index is 12.2. The quantitative estimate of drug-likeness (QED) is 0.766. The molecular weight excluding hydrogens is 338 g/mol. The first-order chi connectivity index (χ1) is 12.1. The number of sulfonamides is 1. The highest BCUT2D eigenvalue weighted by molar-refractivity contribution is 7.90. The summed E-state index contributed by atoms with van der Waals surface area (Å²) in [5.41, 5.74) is 1.21. The van der Waals surface area contributed by atoms with E-state index in [-0.39, 0.29) is 4.90 Å². The number of rotatable bonds is 1. The molecule has 8 heteroatoms. The van der Waals surface area contributed by atoms with Crippen molar-refractivity contribution in [2.45, 2.75) is 4.90 Å². The van der Waals surface area contributed by atoms with Gasteiger partial charge in [-0.25, -0.2) is 4.98 Å². The molecule has 7 nitrogen and oxygen atoms in total. The summed E-state index contributed by atoms with van der Waals surface area (Å²) in [6.45, 7) is 2.73. The molecule has 25 heavy (non-hydrogen) atoms. The van der Waals surface area contributed by atoms with Gasteiger partial charge in [0.05, 0.1) is 5.56 Å². The number of benzene rings is 1. The highest BCUT2D eigenvalue weighted by atomic mass is 32.2. The summed E-state index contributed by atoms with van der Waals surface area (Å²) in [5.74, 6) is 1.35. The zero-order valence-electron chi connectivity index (χ0n) is 13.3. The van der Waals surface area contributed by atoms with Crippen LogP contribution in [-0.4, -0.2) is 50.3 Å². The summed E-state index contributed by atoms with van der Waals surface area (Å²) in [4.78, 5) is 8.71. The maximum Gasteiger partial charge on any atom is 0.285 e. The summed E-state index contributed by atoms with van der Waals surface area (Å²) < 4.78 is 28.4. The molecule has 0 aliphatic carbocycles. The first kappa shape index (κ1) is 15.6. The lowest BCUT2D eigenvalue weighted by molar-refractivity contribution is 0.386. The number of nitrogens with zero attached hydrogens (tertiary/aromatic N) is 5. The predicted octanol–water partition coefficient (Wildman–Crippen LogP) is 1.22. The van der Waals surface area contributed by atoms with Crippen molar-refractivity contribution in [2.24, 2.45) is 4.40 Å². The molecule has 0 saturated carbocycles. The van der Waals surface area contributed by atoms with Crippen molar-refractivity contribution in [1.29, 1.82) is 5.26 Å². The van der Waals surface area contributed by atoms with Crippen LogP contribution in [0.4, 0.5) is 5.82 Å². The average Bonchev–Trinajstić information content (AvgIpc) is 2.94. The number of amidine groups is 1. The maximum absolute atomic E-state index is 12.2. The predicted molar refractivity (Wildman–Crippen MR) is 92.9 cm³/mol. The van der Waals surface area contributed by atoms with Gasteiger partial charge >= 0.3 is 0 Å². The molecule has 0 radical (unpaired) electrons. The van der Waals surface area contributed by atoms with E-state index in [0.717, 1.165) is 5.82 Å². The first-order valence-electron chi connectivity index (χ1n) is 7.89. The van der Waals surface area contributed by atoms with E-state index in [4.69, 9.17) is 5.26 Å². The summed E-state index contributed by atoms with van der Waals surface area (Å²) in [6.07, 6.45) is 1.56. The van der Waals surface area contributed by atoms with E-state index in [0.29, 0.717) is 43.1 Å². The number of hydrogen-bond donors (Lipinski definition) is 0. The summed E-state index contributed by atoms with van der Waals surface area (Å²) >= 11 is 0. The Balaban J connectivity index is 1.52. The third-order valence-electron chi connectivity index (χ3n) is 4.39. The Morgan fingerprint density at radius 1 is 1.00 bits per heavy atom. The molecule has 3 heterocycles. The normalized spacial score (nSPS) is 18.4. The monoisotopic (exact) mass is 353 g/mol. The van der Waals surface area contributed by atoms with Gasteiger partial charge in [-0.05, 0) is 24.3 Å². The molecule has 2 aliphatic rings. The van der Waals surface area contributed by atoms with Gasteiger partial charge in [0.15, 0.2) is 5.84 Å². The molecule has 1 aromatic carbocycles. The lowest BCUT2D eigenvalue weighted by atomic mass is 10.1. The Morgan fingerprint density at radius 3 is 2.40 bits per heavy atom. The number of nitriles is 1. The van der Waals surface area contributed by atoms with Crippen LogP contribution in [0.1, 0.15) is 11.1 Å². The van der Waals surface area contributed by atoms with Crippen LogP contribution < -0.4 is 4.90 Å². The Bertz CT molecular complexity index is 984. The molecule has 126 valence electrons. The van der Waals surface area contributed by atoms with Gasteiger partial charge in [-0.1, -0.05) is 12.1 Å². The number of hydrogen-bond acceptors (Lipinski definition) is 6. The van der Waals surface area contributed by atoms with E-state index in [2.05, 4.69) is 20.4 Å². The van der Waals surface area contributed by atoms with E-state index in [9.17, 15) is 8.42 Å². The number of aromatic nitrogens is 1. The Hall–Kier alpha value is -2.92. The highest BCUT2D eigenvalue weighted by Crippen LogP contribution is 2.28. The van der Waals surface area contributed by atoms with Gasteiger partial charge < -0.3 is 9.80 Å². The smallest absolute Gasteiger partial charge is 0.285 e. The molecule has 4 rings (SSSR count).